The molecular formula is C20H27N3. The maximum Gasteiger partial charge on any atom is 0.0601 e. The first-order valence-electron chi connectivity index (χ1n) is 7.87. The maximum atomic E-state index is 4.56. The van der Waals surface area contributed by atoms with Gasteiger partial charge in [0.15, 0.2) is 0 Å². The van der Waals surface area contributed by atoms with E-state index in [0.717, 1.165) is 34.7 Å². The minimum atomic E-state index is 0.800. The van der Waals surface area contributed by atoms with Crippen LogP contribution >= 0.6 is 0 Å². The number of aryl methyl sites for hydroxylation is 1. The third kappa shape index (κ3) is 6.07. The van der Waals surface area contributed by atoms with Crippen LogP contribution < -0.4 is 5.32 Å². The van der Waals surface area contributed by atoms with Gasteiger partial charge in [-0.2, -0.15) is 0 Å². The van der Waals surface area contributed by atoms with E-state index in [0.29, 0.717) is 0 Å². The summed E-state index contributed by atoms with van der Waals surface area (Å²) in [6.45, 7) is 12.2. The molecule has 0 saturated heterocycles. The van der Waals surface area contributed by atoms with Crippen LogP contribution in [0.1, 0.15) is 32.8 Å². The number of nitrogens with zero attached hydrogens (tertiary/aromatic N) is 2. The van der Waals surface area contributed by atoms with E-state index in [1.807, 2.05) is 44.5 Å². The number of aliphatic imine (C=N–C) groups is 2. The SMILES string of the molecule is C=C(Nc1cccc(C)c1)C(C)=N/C=C(CC)/C(C=NC)=C/C. The van der Waals surface area contributed by atoms with E-state index in [-0.39, 0.29) is 0 Å². The van der Waals surface area contributed by atoms with Gasteiger partial charge in [0.2, 0.25) is 0 Å². The zero-order valence-corrected chi connectivity index (χ0v) is 14.9. The monoisotopic (exact) mass is 309 g/mol. The van der Waals surface area contributed by atoms with Crippen molar-refractivity contribution in [2.24, 2.45) is 9.98 Å². The van der Waals surface area contributed by atoms with Crippen molar-refractivity contribution in [3.8, 4) is 0 Å². The highest BCUT2D eigenvalue weighted by Gasteiger charge is 2.02. The Morgan fingerprint density at radius 3 is 2.65 bits per heavy atom. The molecule has 0 aliphatic heterocycles. The molecule has 0 aliphatic carbocycles. The van der Waals surface area contributed by atoms with E-state index in [2.05, 4.69) is 47.9 Å². The van der Waals surface area contributed by atoms with Gasteiger partial charge in [-0.05, 0) is 56.0 Å². The fourth-order valence-electron chi connectivity index (χ4n) is 2.09. The standard InChI is InChI=1S/C20H27N3/c1-7-18(13-21-6)19(8-2)14-22-16(4)17(5)23-20-11-9-10-15(3)12-20/h7,9-14,23H,5,8H2,1-4,6H3/b18-7+,19-14+,21-13?,22-16?. The Hall–Kier alpha value is -2.42. The number of nitrogens with one attached hydrogen (secondary N) is 1. The first-order chi connectivity index (χ1) is 11.0. The summed E-state index contributed by atoms with van der Waals surface area (Å²) in [6.07, 6.45) is 6.71. The minimum Gasteiger partial charge on any atom is -0.355 e. The molecule has 0 radical (unpaired) electrons. The number of hydrogen-bond donors (Lipinski definition) is 1. The summed E-state index contributed by atoms with van der Waals surface area (Å²) in [5.41, 5.74) is 6.15. The molecule has 0 aromatic heterocycles. The maximum absolute atomic E-state index is 4.56. The molecule has 3 nitrogen and oxygen atoms in total. The lowest BCUT2D eigenvalue weighted by atomic mass is 10.1. The summed E-state index contributed by atoms with van der Waals surface area (Å²) < 4.78 is 0. The Balaban J connectivity index is 2.89. The molecule has 1 N–H and O–H groups in total. The van der Waals surface area contributed by atoms with Gasteiger partial charge in [0, 0.05) is 25.1 Å². The fraction of sp³-hybridized carbons (Fsp3) is 0.300. The van der Waals surface area contributed by atoms with E-state index >= 15 is 0 Å². The first kappa shape index (κ1) is 18.6. The van der Waals surface area contributed by atoms with E-state index < -0.39 is 0 Å². The molecule has 122 valence electrons. The van der Waals surface area contributed by atoms with Crippen molar-refractivity contribution in [3.05, 3.63) is 65.5 Å². The van der Waals surface area contributed by atoms with Crippen LogP contribution in [-0.4, -0.2) is 19.0 Å². The van der Waals surface area contributed by atoms with Crippen molar-refractivity contribution in [2.45, 2.75) is 34.1 Å². The summed E-state index contributed by atoms with van der Waals surface area (Å²) in [4.78, 5) is 8.64. The lowest BCUT2D eigenvalue weighted by Gasteiger charge is -2.10. The lowest BCUT2D eigenvalue weighted by Crippen LogP contribution is -2.06. The average Bonchev–Trinajstić information content (AvgIpc) is 2.53. The Kier molecular flexibility index (Phi) is 7.75. The van der Waals surface area contributed by atoms with Crippen molar-refractivity contribution < 1.29 is 0 Å². The second-order valence-corrected chi connectivity index (χ2v) is 5.33. The van der Waals surface area contributed by atoms with Crippen LogP contribution in [0, 0.1) is 6.92 Å². The van der Waals surface area contributed by atoms with Crippen molar-refractivity contribution in [3.63, 3.8) is 0 Å². The molecule has 0 heterocycles. The van der Waals surface area contributed by atoms with Gasteiger partial charge in [-0.15, -0.1) is 0 Å². The molecule has 1 rings (SSSR count). The van der Waals surface area contributed by atoms with Crippen molar-refractivity contribution >= 4 is 17.6 Å². The topological polar surface area (TPSA) is 36.8 Å². The number of allylic oxidation sites excluding steroid dienone is 4. The van der Waals surface area contributed by atoms with Crippen LogP contribution in [0.15, 0.2) is 69.9 Å². The van der Waals surface area contributed by atoms with Gasteiger partial charge >= 0.3 is 0 Å². The molecule has 0 bridgehead atoms. The number of rotatable bonds is 7. The predicted molar refractivity (Wildman–Crippen MR) is 104 cm³/mol. The second kappa shape index (κ2) is 9.57. The van der Waals surface area contributed by atoms with Gasteiger partial charge in [-0.25, -0.2) is 0 Å². The van der Waals surface area contributed by atoms with Crippen LogP contribution in [0.3, 0.4) is 0 Å². The van der Waals surface area contributed by atoms with Gasteiger partial charge in [-0.1, -0.05) is 31.7 Å². The van der Waals surface area contributed by atoms with Gasteiger partial charge in [0.25, 0.3) is 0 Å². The summed E-state index contributed by atoms with van der Waals surface area (Å²) in [5.74, 6) is 0. The summed E-state index contributed by atoms with van der Waals surface area (Å²) >= 11 is 0. The molecule has 1 aromatic carbocycles. The number of hydrogen-bond acceptors (Lipinski definition) is 3. The van der Waals surface area contributed by atoms with Crippen molar-refractivity contribution in [2.75, 3.05) is 12.4 Å². The Bertz CT molecular complexity index is 661. The van der Waals surface area contributed by atoms with E-state index in [1.54, 1.807) is 7.05 Å². The van der Waals surface area contributed by atoms with Crippen LogP contribution in [0.2, 0.25) is 0 Å². The lowest BCUT2D eigenvalue weighted by molar-refractivity contribution is 1.12. The minimum absolute atomic E-state index is 0.800. The Labute approximate surface area is 140 Å². The first-order valence-corrected chi connectivity index (χ1v) is 7.87. The van der Waals surface area contributed by atoms with Crippen LogP contribution in [-0.2, 0) is 0 Å². The number of anilines is 1. The molecule has 0 saturated carbocycles. The molecule has 23 heavy (non-hydrogen) atoms. The smallest absolute Gasteiger partial charge is 0.0601 e. The van der Waals surface area contributed by atoms with Crippen molar-refractivity contribution in [1.29, 1.82) is 0 Å². The number of benzene rings is 1. The average molecular weight is 309 g/mol. The predicted octanol–water partition coefficient (Wildman–Crippen LogP) is 5.32. The normalized spacial score (nSPS) is 13.5. The van der Waals surface area contributed by atoms with Crippen LogP contribution in [0.4, 0.5) is 5.69 Å². The quantitative estimate of drug-likeness (QED) is 0.537. The largest absolute Gasteiger partial charge is 0.355 e. The highest BCUT2D eigenvalue weighted by Crippen LogP contribution is 2.14. The third-order valence-electron chi connectivity index (χ3n) is 3.49. The molecule has 0 unspecified atom stereocenters. The van der Waals surface area contributed by atoms with Gasteiger partial charge in [-0.3, -0.25) is 9.98 Å². The second-order valence-electron chi connectivity index (χ2n) is 5.33. The van der Waals surface area contributed by atoms with E-state index in [1.165, 1.54) is 5.56 Å². The van der Waals surface area contributed by atoms with Gasteiger partial charge < -0.3 is 5.32 Å². The molecule has 0 aliphatic rings. The highest BCUT2D eigenvalue weighted by atomic mass is 14.9. The van der Waals surface area contributed by atoms with Gasteiger partial charge in [0.05, 0.1) is 11.4 Å². The Morgan fingerprint density at radius 2 is 2.09 bits per heavy atom. The molecular weight excluding hydrogens is 282 g/mol. The molecule has 1 aromatic rings. The zero-order chi connectivity index (χ0) is 17.2. The summed E-state index contributed by atoms with van der Waals surface area (Å²) in [5, 5.41) is 3.30. The van der Waals surface area contributed by atoms with Crippen molar-refractivity contribution in [1.82, 2.24) is 0 Å². The van der Waals surface area contributed by atoms with Gasteiger partial charge in [0.1, 0.15) is 0 Å². The van der Waals surface area contributed by atoms with E-state index in [9.17, 15) is 0 Å². The summed E-state index contributed by atoms with van der Waals surface area (Å²) in [7, 11) is 1.78. The fourth-order valence-corrected chi connectivity index (χ4v) is 2.09. The van der Waals surface area contributed by atoms with E-state index in [4.69, 9.17) is 0 Å². The molecule has 0 spiro atoms. The molecule has 0 fully saturated rings. The molecule has 0 atom stereocenters. The van der Waals surface area contributed by atoms with Crippen LogP contribution in [0.5, 0.6) is 0 Å². The molecule has 3 heteroatoms. The molecule has 0 amide bonds. The zero-order valence-electron chi connectivity index (χ0n) is 14.9. The highest BCUT2D eigenvalue weighted by molar-refractivity contribution is 6.00. The third-order valence-corrected chi connectivity index (χ3v) is 3.49. The summed E-state index contributed by atoms with van der Waals surface area (Å²) in [6, 6.07) is 8.20. The van der Waals surface area contributed by atoms with Crippen LogP contribution in [0.25, 0.3) is 0 Å². The Morgan fingerprint density at radius 1 is 1.35 bits per heavy atom.